The molecular formula is C7H11N3O. The molecule has 1 aliphatic rings. The van der Waals surface area contributed by atoms with Gasteiger partial charge in [0.15, 0.2) is 0 Å². The molecule has 1 unspecified atom stereocenters. The van der Waals surface area contributed by atoms with Crippen LogP contribution in [-0.2, 0) is 4.79 Å². The van der Waals surface area contributed by atoms with Gasteiger partial charge in [-0.05, 0) is 12.8 Å². The number of hydrogen-bond donors (Lipinski definition) is 1. The first-order chi connectivity index (χ1) is 5.24. The third kappa shape index (κ3) is 1.92. The Morgan fingerprint density at radius 1 is 1.82 bits per heavy atom. The van der Waals surface area contributed by atoms with Gasteiger partial charge in [-0.2, -0.15) is 5.26 Å². The number of hydrogen-bond acceptors (Lipinski definition) is 3. The van der Waals surface area contributed by atoms with Gasteiger partial charge in [0.1, 0.15) is 0 Å². The number of likely N-dealkylation sites (tertiary alicyclic amines) is 1. The molecule has 1 rings (SSSR count). The second-order valence-electron chi connectivity index (χ2n) is 2.72. The standard InChI is InChI=1S/C7H11N3O/c8-4-6-2-1-3-10(6)5-7(9)11/h6H,1-3,5H2,(H2,9,11). The molecule has 1 atom stereocenters. The fourth-order valence-corrected chi connectivity index (χ4v) is 1.36. The van der Waals surface area contributed by atoms with Crippen LogP contribution in [0.2, 0.25) is 0 Å². The highest BCUT2D eigenvalue weighted by atomic mass is 16.1. The fourth-order valence-electron chi connectivity index (χ4n) is 1.36. The molecule has 0 aromatic carbocycles. The first-order valence-corrected chi connectivity index (χ1v) is 3.66. The largest absolute Gasteiger partial charge is 0.369 e. The van der Waals surface area contributed by atoms with E-state index in [1.54, 1.807) is 0 Å². The van der Waals surface area contributed by atoms with E-state index in [0.29, 0.717) is 0 Å². The molecule has 0 aromatic heterocycles. The molecule has 0 saturated carbocycles. The van der Waals surface area contributed by atoms with Crippen molar-refractivity contribution in [3.8, 4) is 6.07 Å². The highest BCUT2D eigenvalue weighted by molar-refractivity contribution is 5.76. The van der Waals surface area contributed by atoms with Crippen LogP contribution in [0, 0.1) is 11.3 Å². The SMILES string of the molecule is N#CC1CCCN1CC(N)=O. The Hall–Kier alpha value is -1.08. The van der Waals surface area contributed by atoms with E-state index in [-0.39, 0.29) is 18.5 Å². The molecule has 0 radical (unpaired) electrons. The highest BCUT2D eigenvalue weighted by Gasteiger charge is 2.24. The number of rotatable bonds is 2. The summed E-state index contributed by atoms with van der Waals surface area (Å²) in [5, 5.41) is 8.61. The van der Waals surface area contributed by atoms with Crippen molar-refractivity contribution in [1.29, 1.82) is 5.26 Å². The number of carbonyl (C=O) groups is 1. The summed E-state index contributed by atoms with van der Waals surface area (Å²) in [6, 6.07) is 2.04. The summed E-state index contributed by atoms with van der Waals surface area (Å²) in [6.45, 7) is 1.04. The van der Waals surface area contributed by atoms with Gasteiger partial charge < -0.3 is 5.73 Å². The van der Waals surface area contributed by atoms with E-state index >= 15 is 0 Å². The van der Waals surface area contributed by atoms with Crippen LogP contribution in [0.15, 0.2) is 0 Å². The van der Waals surface area contributed by atoms with E-state index in [0.717, 1.165) is 19.4 Å². The highest BCUT2D eigenvalue weighted by Crippen LogP contribution is 2.14. The number of primary amides is 1. The second-order valence-corrected chi connectivity index (χ2v) is 2.72. The lowest BCUT2D eigenvalue weighted by atomic mass is 10.2. The van der Waals surface area contributed by atoms with E-state index in [2.05, 4.69) is 6.07 Å². The van der Waals surface area contributed by atoms with Crippen LogP contribution in [0.25, 0.3) is 0 Å². The minimum absolute atomic E-state index is 0.0949. The van der Waals surface area contributed by atoms with E-state index in [9.17, 15) is 4.79 Å². The van der Waals surface area contributed by atoms with Gasteiger partial charge in [-0.25, -0.2) is 0 Å². The molecule has 0 spiro atoms. The molecule has 1 fully saturated rings. The summed E-state index contributed by atoms with van der Waals surface area (Å²) in [5.41, 5.74) is 5.00. The quantitative estimate of drug-likeness (QED) is 0.579. The Kier molecular flexibility index (Phi) is 2.44. The molecular weight excluding hydrogens is 142 g/mol. The van der Waals surface area contributed by atoms with E-state index in [1.807, 2.05) is 4.90 Å². The molecule has 1 heterocycles. The van der Waals surface area contributed by atoms with Crippen molar-refractivity contribution >= 4 is 5.91 Å². The van der Waals surface area contributed by atoms with Gasteiger partial charge in [-0.1, -0.05) is 0 Å². The summed E-state index contributed by atoms with van der Waals surface area (Å²) in [5.74, 6) is -0.354. The lowest BCUT2D eigenvalue weighted by molar-refractivity contribution is -0.119. The maximum Gasteiger partial charge on any atom is 0.231 e. The van der Waals surface area contributed by atoms with Crippen molar-refractivity contribution < 1.29 is 4.79 Å². The zero-order valence-corrected chi connectivity index (χ0v) is 6.29. The van der Waals surface area contributed by atoms with Crippen molar-refractivity contribution in [3.05, 3.63) is 0 Å². The summed E-state index contributed by atoms with van der Waals surface area (Å²) in [4.78, 5) is 12.3. The molecule has 60 valence electrons. The predicted octanol–water partition coefficient (Wildman–Crippen LogP) is -0.540. The summed E-state index contributed by atoms with van der Waals surface area (Å²) in [6.07, 6.45) is 1.86. The molecule has 2 N–H and O–H groups in total. The molecule has 4 heteroatoms. The van der Waals surface area contributed by atoms with Gasteiger partial charge in [0.05, 0.1) is 18.7 Å². The van der Waals surface area contributed by atoms with Crippen molar-refractivity contribution in [2.24, 2.45) is 5.73 Å². The fraction of sp³-hybridized carbons (Fsp3) is 0.714. The van der Waals surface area contributed by atoms with Gasteiger partial charge in [0, 0.05) is 6.54 Å². The van der Waals surface area contributed by atoms with Crippen molar-refractivity contribution in [3.63, 3.8) is 0 Å². The van der Waals surface area contributed by atoms with Crippen LogP contribution in [-0.4, -0.2) is 29.9 Å². The van der Waals surface area contributed by atoms with Gasteiger partial charge >= 0.3 is 0 Å². The Bertz CT molecular complexity index is 196. The third-order valence-electron chi connectivity index (χ3n) is 1.87. The average molecular weight is 153 g/mol. The predicted molar refractivity (Wildman–Crippen MR) is 39.4 cm³/mol. The van der Waals surface area contributed by atoms with Crippen molar-refractivity contribution in [2.75, 3.05) is 13.1 Å². The number of nitrogens with zero attached hydrogens (tertiary/aromatic N) is 2. The average Bonchev–Trinajstić information content (AvgIpc) is 2.34. The maximum atomic E-state index is 10.5. The normalized spacial score (nSPS) is 24.8. The van der Waals surface area contributed by atoms with Gasteiger partial charge in [-0.15, -0.1) is 0 Å². The molecule has 1 saturated heterocycles. The Balaban J connectivity index is 2.45. The van der Waals surface area contributed by atoms with Crippen LogP contribution in [0.4, 0.5) is 0 Å². The Morgan fingerprint density at radius 3 is 3.09 bits per heavy atom. The van der Waals surface area contributed by atoms with E-state index in [1.165, 1.54) is 0 Å². The number of nitriles is 1. The van der Waals surface area contributed by atoms with Crippen LogP contribution in [0.1, 0.15) is 12.8 Å². The lowest BCUT2D eigenvalue weighted by Gasteiger charge is -2.15. The molecule has 1 aliphatic heterocycles. The number of nitrogens with two attached hydrogens (primary N) is 1. The molecule has 4 nitrogen and oxygen atoms in total. The van der Waals surface area contributed by atoms with Crippen LogP contribution >= 0.6 is 0 Å². The summed E-state index contributed by atoms with van der Waals surface area (Å²) in [7, 11) is 0. The first kappa shape index (κ1) is 8.02. The molecule has 11 heavy (non-hydrogen) atoms. The molecule has 1 amide bonds. The van der Waals surface area contributed by atoms with Gasteiger partial charge in [-0.3, -0.25) is 9.69 Å². The van der Waals surface area contributed by atoms with E-state index < -0.39 is 0 Å². The molecule has 0 aromatic rings. The van der Waals surface area contributed by atoms with Crippen LogP contribution in [0.5, 0.6) is 0 Å². The Labute approximate surface area is 65.6 Å². The minimum atomic E-state index is -0.354. The second kappa shape index (κ2) is 3.35. The topological polar surface area (TPSA) is 70.1 Å². The number of amides is 1. The number of carbonyl (C=O) groups excluding carboxylic acids is 1. The smallest absolute Gasteiger partial charge is 0.231 e. The van der Waals surface area contributed by atoms with Crippen molar-refractivity contribution in [1.82, 2.24) is 4.90 Å². The van der Waals surface area contributed by atoms with Gasteiger partial charge in [0.2, 0.25) is 5.91 Å². The van der Waals surface area contributed by atoms with Crippen LogP contribution in [0.3, 0.4) is 0 Å². The minimum Gasteiger partial charge on any atom is -0.369 e. The monoisotopic (exact) mass is 153 g/mol. The van der Waals surface area contributed by atoms with Crippen LogP contribution < -0.4 is 5.73 Å². The zero-order valence-electron chi connectivity index (χ0n) is 6.29. The first-order valence-electron chi connectivity index (χ1n) is 3.66. The molecule has 0 aliphatic carbocycles. The Morgan fingerprint density at radius 2 is 2.55 bits per heavy atom. The van der Waals surface area contributed by atoms with Gasteiger partial charge in [0.25, 0.3) is 0 Å². The zero-order chi connectivity index (χ0) is 8.27. The summed E-state index contributed by atoms with van der Waals surface area (Å²) < 4.78 is 0. The lowest BCUT2D eigenvalue weighted by Crippen LogP contribution is -2.36. The third-order valence-corrected chi connectivity index (χ3v) is 1.87. The molecule has 0 bridgehead atoms. The maximum absolute atomic E-state index is 10.5. The van der Waals surface area contributed by atoms with E-state index in [4.69, 9.17) is 11.0 Å². The summed E-state index contributed by atoms with van der Waals surface area (Å²) >= 11 is 0. The van der Waals surface area contributed by atoms with Crippen molar-refractivity contribution in [2.45, 2.75) is 18.9 Å².